The first-order valence-electron chi connectivity index (χ1n) is 34.6. The lowest BCUT2D eigenvalue weighted by molar-refractivity contribution is -0.143. The van der Waals surface area contributed by atoms with Crippen LogP contribution < -0.4 is 5.32 Å². The second-order valence-corrected chi connectivity index (χ2v) is 23.9. The normalized spacial score (nSPS) is 12.6. The van der Waals surface area contributed by atoms with E-state index in [1.165, 1.54) is 308 Å². The first-order chi connectivity index (χ1) is 37.5. The van der Waals surface area contributed by atoms with Gasteiger partial charge < -0.3 is 20.3 Å². The molecule has 0 aliphatic carbocycles. The summed E-state index contributed by atoms with van der Waals surface area (Å²) in [5.41, 5.74) is 0. The molecule has 6 nitrogen and oxygen atoms in total. The minimum atomic E-state index is -0.666. The van der Waals surface area contributed by atoms with Gasteiger partial charge in [0.15, 0.2) is 0 Å². The van der Waals surface area contributed by atoms with E-state index in [-0.39, 0.29) is 18.5 Å². The van der Waals surface area contributed by atoms with Crippen molar-refractivity contribution in [3.8, 4) is 0 Å². The Kier molecular flexibility index (Phi) is 64.4. The highest BCUT2D eigenvalue weighted by molar-refractivity contribution is 5.76. The molecule has 0 aromatic heterocycles. The van der Waals surface area contributed by atoms with Gasteiger partial charge in [-0.05, 0) is 70.6 Å². The van der Waals surface area contributed by atoms with Crippen LogP contribution in [0.5, 0.6) is 0 Å². The number of carbonyl (C=O) groups is 2. The summed E-state index contributed by atoms with van der Waals surface area (Å²) >= 11 is 0. The maximum absolute atomic E-state index is 12.5. The topological polar surface area (TPSA) is 95.9 Å². The highest BCUT2D eigenvalue weighted by Crippen LogP contribution is 2.19. The molecule has 6 heteroatoms. The number of aliphatic hydroxyl groups excluding tert-OH is 2. The fourth-order valence-corrected chi connectivity index (χ4v) is 10.9. The number of rotatable bonds is 65. The van der Waals surface area contributed by atoms with Crippen LogP contribution in [0.4, 0.5) is 0 Å². The van der Waals surface area contributed by atoms with Crippen LogP contribution in [0, 0.1) is 0 Å². The predicted molar refractivity (Wildman–Crippen MR) is 333 cm³/mol. The summed E-state index contributed by atoms with van der Waals surface area (Å²) in [6.45, 7) is 4.95. The van der Waals surface area contributed by atoms with Crippen molar-refractivity contribution in [1.29, 1.82) is 0 Å². The monoisotopic (exact) mass is 1070 g/mol. The van der Waals surface area contributed by atoms with E-state index in [4.69, 9.17) is 4.74 Å². The Labute approximate surface area is 475 Å². The average molecular weight is 1070 g/mol. The number of hydrogen-bond acceptors (Lipinski definition) is 5. The Morgan fingerprint density at radius 2 is 0.632 bits per heavy atom. The van der Waals surface area contributed by atoms with Gasteiger partial charge in [-0.2, -0.15) is 0 Å². The minimum absolute atomic E-state index is 0.00384. The van der Waals surface area contributed by atoms with Crippen molar-refractivity contribution < 1.29 is 24.5 Å². The largest absolute Gasteiger partial charge is 0.466 e. The molecule has 0 rings (SSSR count). The average Bonchev–Trinajstić information content (AvgIpc) is 3.42. The number of unbranched alkanes of at least 4 members (excludes halogenated alkanes) is 50. The van der Waals surface area contributed by atoms with E-state index < -0.39 is 12.1 Å². The maximum atomic E-state index is 12.5. The molecule has 2 unspecified atom stereocenters. The van der Waals surface area contributed by atoms with Crippen LogP contribution in [0.25, 0.3) is 0 Å². The molecule has 0 fully saturated rings. The fourth-order valence-electron chi connectivity index (χ4n) is 10.9. The Balaban J connectivity index is 3.40. The molecule has 0 heterocycles. The molecule has 2 atom stereocenters. The lowest BCUT2D eigenvalue weighted by Gasteiger charge is -2.22. The maximum Gasteiger partial charge on any atom is 0.305 e. The number of aliphatic hydroxyl groups is 2. The number of amides is 1. The first kappa shape index (κ1) is 74.3. The second-order valence-electron chi connectivity index (χ2n) is 23.9. The third-order valence-electron chi connectivity index (χ3n) is 16.2. The van der Waals surface area contributed by atoms with Crippen molar-refractivity contribution in [3.05, 3.63) is 24.3 Å². The lowest BCUT2D eigenvalue weighted by atomic mass is 10.0. The third kappa shape index (κ3) is 61.6. The van der Waals surface area contributed by atoms with Gasteiger partial charge in [-0.1, -0.05) is 327 Å². The number of esters is 1. The van der Waals surface area contributed by atoms with Gasteiger partial charge in [-0.15, -0.1) is 0 Å². The quantitative estimate of drug-likeness (QED) is 0.0320. The van der Waals surface area contributed by atoms with Crippen LogP contribution in [0.3, 0.4) is 0 Å². The van der Waals surface area contributed by atoms with E-state index in [0.29, 0.717) is 25.9 Å². The molecule has 0 saturated carbocycles. The summed E-state index contributed by atoms with van der Waals surface area (Å²) in [6, 6.07) is -0.544. The molecule has 76 heavy (non-hydrogen) atoms. The zero-order valence-corrected chi connectivity index (χ0v) is 51.5. The van der Waals surface area contributed by atoms with E-state index in [1.807, 2.05) is 0 Å². The zero-order valence-electron chi connectivity index (χ0n) is 51.5. The van der Waals surface area contributed by atoms with Crippen molar-refractivity contribution >= 4 is 11.9 Å². The minimum Gasteiger partial charge on any atom is -0.466 e. The Hall–Kier alpha value is -1.66. The molecule has 0 spiro atoms. The Bertz CT molecular complexity index is 1190. The van der Waals surface area contributed by atoms with Gasteiger partial charge in [0.05, 0.1) is 25.4 Å². The van der Waals surface area contributed by atoms with E-state index in [1.54, 1.807) is 0 Å². The standard InChI is InChI=1S/C70H135NO5/c1-3-5-7-9-11-13-15-16-17-18-19-20-27-30-33-36-39-43-46-50-54-58-62-68(73)67(66-72)71-69(74)63-59-55-51-47-44-40-37-34-31-28-25-23-21-22-24-26-29-32-35-38-41-45-49-53-57-61-65-76-70(75)64-60-56-52-48-42-14-12-10-8-6-4-2/h10,12,21,23,67-68,72-73H,3-9,11,13-20,22,24-66H2,1-2H3,(H,71,74)/b12-10-,23-21-. The molecule has 450 valence electrons. The van der Waals surface area contributed by atoms with Crippen molar-refractivity contribution in [2.75, 3.05) is 13.2 Å². The molecule has 0 bridgehead atoms. The van der Waals surface area contributed by atoms with Crippen LogP contribution in [0.15, 0.2) is 24.3 Å². The van der Waals surface area contributed by atoms with Gasteiger partial charge in [0.25, 0.3) is 0 Å². The molecule has 0 aliphatic rings. The molecule has 1 amide bonds. The number of carbonyl (C=O) groups excluding carboxylic acids is 2. The summed E-state index contributed by atoms with van der Waals surface area (Å²) in [6.07, 6.45) is 82.2. The van der Waals surface area contributed by atoms with Crippen LogP contribution in [-0.2, 0) is 14.3 Å². The summed E-state index contributed by atoms with van der Waals surface area (Å²) in [5.74, 6) is -0.0287. The van der Waals surface area contributed by atoms with Crippen LogP contribution in [-0.4, -0.2) is 47.4 Å². The van der Waals surface area contributed by atoms with Crippen LogP contribution in [0.1, 0.15) is 386 Å². The van der Waals surface area contributed by atoms with E-state index in [0.717, 1.165) is 44.9 Å². The van der Waals surface area contributed by atoms with Gasteiger partial charge in [0.2, 0.25) is 5.91 Å². The first-order valence-corrected chi connectivity index (χ1v) is 34.6. The summed E-state index contributed by atoms with van der Waals surface area (Å²) in [7, 11) is 0. The van der Waals surface area contributed by atoms with Gasteiger partial charge in [-0.3, -0.25) is 9.59 Å². The van der Waals surface area contributed by atoms with E-state index in [2.05, 4.69) is 43.5 Å². The number of allylic oxidation sites excluding steroid dienone is 4. The molecule has 0 aromatic carbocycles. The number of ether oxygens (including phenoxy) is 1. The van der Waals surface area contributed by atoms with Crippen molar-refractivity contribution in [1.82, 2.24) is 5.32 Å². The molecule has 0 aliphatic heterocycles. The van der Waals surface area contributed by atoms with E-state index >= 15 is 0 Å². The second kappa shape index (κ2) is 65.9. The summed E-state index contributed by atoms with van der Waals surface area (Å²) in [4.78, 5) is 24.5. The Morgan fingerprint density at radius 1 is 0.355 bits per heavy atom. The third-order valence-corrected chi connectivity index (χ3v) is 16.2. The van der Waals surface area contributed by atoms with Crippen LogP contribution in [0.2, 0.25) is 0 Å². The Morgan fingerprint density at radius 3 is 0.974 bits per heavy atom. The van der Waals surface area contributed by atoms with E-state index in [9.17, 15) is 19.8 Å². The fraction of sp³-hybridized carbons (Fsp3) is 0.914. The number of nitrogens with one attached hydrogen (secondary N) is 1. The predicted octanol–water partition coefficient (Wildman–Crippen LogP) is 22.1. The lowest BCUT2D eigenvalue weighted by Crippen LogP contribution is -2.45. The molecular formula is C70H135NO5. The SMILES string of the molecule is CCCC/C=C\CCCCCCCC(=O)OCCCCCCCCCCCCCC/C=C\CCCCCCCCCCCCC(=O)NC(CO)C(O)CCCCCCCCCCCCCCCCCCCCCCCC. The molecule has 0 saturated heterocycles. The van der Waals surface area contributed by atoms with Crippen molar-refractivity contribution in [2.45, 2.75) is 398 Å². The van der Waals surface area contributed by atoms with Crippen LogP contribution >= 0.6 is 0 Å². The molecular weight excluding hydrogens is 935 g/mol. The van der Waals surface area contributed by atoms with Crippen molar-refractivity contribution in [2.24, 2.45) is 0 Å². The van der Waals surface area contributed by atoms with Gasteiger partial charge in [0.1, 0.15) is 0 Å². The van der Waals surface area contributed by atoms with Gasteiger partial charge in [-0.25, -0.2) is 0 Å². The molecule has 3 N–H and O–H groups in total. The number of hydrogen-bond donors (Lipinski definition) is 3. The summed E-state index contributed by atoms with van der Waals surface area (Å²) < 4.78 is 5.46. The zero-order chi connectivity index (χ0) is 55.0. The molecule has 0 radical (unpaired) electrons. The molecule has 0 aromatic rings. The van der Waals surface area contributed by atoms with Gasteiger partial charge in [0, 0.05) is 12.8 Å². The smallest absolute Gasteiger partial charge is 0.305 e. The van der Waals surface area contributed by atoms with Crippen molar-refractivity contribution in [3.63, 3.8) is 0 Å². The highest BCUT2D eigenvalue weighted by atomic mass is 16.5. The highest BCUT2D eigenvalue weighted by Gasteiger charge is 2.20. The summed E-state index contributed by atoms with van der Waals surface area (Å²) in [5, 5.41) is 23.4. The van der Waals surface area contributed by atoms with Gasteiger partial charge >= 0.3 is 5.97 Å².